The van der Waals surface area contributed by atoms with Gasteiger partial charge in [-0.1, -0.05) is 24.1 Å². The molecule has 2 unspecified atom stereocenters. The summed E-state index contributed by atoms with van der Waals surface area (Å²) in [5, 5.41) is -0.194. The SMILES string of the molecule is CC(N)C1CCCCN1S(=O)(=O)c1cccc(Cl)c1F. The van der Waals surface area contributed by atoms with E-state index in [0.717, 1.165) is 12.8 Å². The largest absolute Gasteiger partial charge is 0.326 e. The molecule has 2 atom stereocenters. The second-order valence-corrected chi connectivity index (χ2v) is 7.36. The van der Waals surface area contributed by atoms with Crippen molar-refractivity contribution >= 4 is 21.6 Å². The van der Waals surface area contributed by atoms with Gasteiger partial charge in [-0.25, -0.2) is 12.8 Å². The van der Waals surface area contributed by atoms with Gasteiger partial charge in [-0.15, -0.1) is 0 Å². The second-order valence-electron chi connectivity index (χ2n) is 5.09. The zero-order valence-electron chi connectivity index (χ0n) is 11.2. The lowest BCUT2D eigenvalue weighted by Gasteiger charge is -2.36. The van der Waals surface area contributed by atoms with Gasteiger partial charge in [0.05, 0.1) is 5.02 Å². The van der Waals surface area contributed by atoms with Crippen LogP contribution in [-0.2, 0) is 10.0 Å². The van der Waals surface area contributed by atoms with Crippen molar-refractivity contribution in [1.29, 1.82) is 0 Å². The van der Waals surface area contributed by atoms with Gasteiger partial charge in [0.15, 0.2) is 5.82 Å². The van der Waals surface area contributed by atoms with E-state index >= 15 is 0 Å². The molecular formula is C13H18ClFN2O2S. The second kappa shape index (κ2) is 5.97. The zero-order chi connectivity index (χ0) is 14.9. The standard InChI is InChI=1S/C13H18ClFN2O2S/c1-9(16)11-6-2-3-8-17(11)20(18,19)12-7-4-5-10(14)13(12)15/h4-5,7,9,11H,2-3,6,8,16H2,1H3. The Morgan fingerprint density at radius 2 is 2.15 bits per heavy atom. The predicted octanol–water partition coefficient (Wildman–Crippen LogP) is 2.37. The summed E-state index contributed by atoms with van der Waals surface area (Å²) in [5.41, 5.74) is 5.87. The summed E-state index contributed by atoms with van der Waals surface area (Å²) >= 11 is 5.68. The van der Waals surface area contributed by atoms with Crippen LogP contribution in [0.2, 0.25) is 5.02 Å². The molecule has 1 aromatic rings. The first-order chi connectivity index (χ1) is 9.35. The highest BCUT2D eigenvalue weighted by Gasteiger charge is 2.36. The minimum absolute atomic E-state index is 0.194. The first kappa shape index (κ1) is 15.7. The molecule has 0 spiro atoms. The lowest BCUT2D eigenvalue weighted by atomic mass is 10.00. The van der Waals surface area contributed by atoms with E-state index in [0.29, 0.717) is 13.0 Å². The van der Waals surface area contributed by atoms with Gasteiger partial charge in [0.2, 0.25) is 10.0 Å². The Labute approximate surface area is 123 Å². The number of nitrogens with two attached hydrogens (primary N) is 1. The third-order valence-corrected chi connectivity index (χ3v) is 5.84. The van der Waals surface area contributed by atoms with Crippen LogP contribution in [0.3, 0.4) is 0 Å². The molecular weight excluding hydrogens is 303 g/mol. The molecule has 7 heteroatoms. The van der Waals surface area contributed by atoms with Gasteiger partial charge in [-0.3, -0.25) is 0 Å². The number of nitrogens with zero attached hydrogens (tertiary/aromatic N) is 1. The van der Waals surface area contributed by atoms with Crippen LogP contribution in [0, 0.1) is 5.82 Å². The summed E-state index contributed by atoms with van der Waals surface area (Å²) in [5.74, 6) is -0.900. The van der Waals surface area contributed by atoms with Crippen molar-refractivity contribution in [3.8, 4) is 0 Å². The highest BCUT2D eigenvalue weighted by molar-refractivity contribution is 7.89. The minimum atomic E-state index is -3.92. The molecule has 1 fully saturated rings. The lowest BCUT2D eigenvalue weighted by molar-refractivity contribution is 0.226. The average Bonchev–Trinajstić information content (AvgIpc) is 2.41. The molecule has 0 saturated carbocycles. The summed E-state index contributed by atoms with van der Waals surface area (Å²) in [4.78, 5) is -0.377. The Morgan fingerprint density at radius 3 is 2.80 bits per heavy atom. The fourth-order valence-electron chi connectivity index (χ4n) is 2.56. The molecule has 1 heterocycles. The van der Waals surface area contributed by atoms with E-state index < -0.39 is 15.8 Å². The lowest BCUT2D eigenvalue weighted by Crippen LogP contribution is -2.51. The van der Waals surface area contributed by atoms with Crippen molar-refractivity contribution in [2.75, 3.05) is 6.54 Å². The quantitative estimate of drug-likeness (QED) is 0.930. The summed E-state index contributed by atoms with van der Waals surface area (Å²) in [6, 6.07) is 3.40. The predicted molar refractivity (Wildman–Crippen MR) is 76.6 cm³/mol. The molecule has 1 aliphatic rings. The molecule has 2 N–H and O–H groups in total. The van der Waals surface area contributed by atoms with Crippen LogP contribution in [0.1, 0.15) is 26.2 Å². The number of benzene rings is 1. The van der Waals surface area contributed by atoms with Crippen molar-refractivity contribution < 1.29 is 12.8 Å². The molecule has 112 valence electrons. The van der Waals surface area contributed by atoms with E-state index in [2.05, 4.69) is 0 Å². The number of hydrogen-bond acceptors (Lipinski definition) is 3. The molecule has 0 amide bonds. The van der Waals surface area contributed by atoms with Crippen LogP contribution >= 0.6 is 11.6 Å². The van der Waals surface area contributed by atoms with E-state index in [1.54, 1.807) is 6.92 Å². The van der Waals surface area contributed by atoms with Gasteiger partial charge in [0.1, 0.15) is 4.90 Å². The maximum Gasteiger partial charge on any atom is 0.246 e. The fourth-order valence-corrected chi connectivity index (χ4v) is 4.66. The van der Waals surface area contributed by atoms with Crippen LogP contribution in [0.25, 0.3) is 0 Å². The minimum Gasteiger partial charge on any atom is -0.326 e. The van der Waals surface area contributed by atoms with Crippen molar-refractivity contribution in [3.05, 3.63) is 29.0 Å². The van der Waals surface area contributed by atoms with E-state index in [1.165, 1.54) is 22.5 Å². The zero-order valence-corrected chi connectivity index (χ0v) is 12.8. The molecule has 1 saturated heterocycles. The van der Waals surface area contributed by atoms with Crippen molar-refractivity contribution in [2.45, 2.75) is 43.2 Å². The molecule has 2 rings (SSSR count). The van der Waals surface area contributed by atoms with Crippen LogP contribution < -0.4 is 5.73 Å². The number of sulfonamides is 1. The highest BCUT2D eigenvalue weighted by Crippen LogP contribution is 2.30. The summed E-state index contributed by atoms with van der Waals surface area (Å²) < 4.78 is 40.6. The molecule has 0 radical (unpaired) electrons. The first-order valence-electron chi connectivity index (χ1n) is 6.57. The maximum atomic E-state index is 14.0. The van der Waals surface area contributed by atoms with E-state index in [4.69, 9.17) is 17.3 Å². The Bertz CT molecular complexity index is 592. The van der Waals surface area contributed by atoms with Crippen LogP contribution in [0.15, 0.2) is 23.1 Å². The van der Waals surface area contributed by atoms with Crippen LogP contribution in [0.4, 0.5) is 4.39 Å². The van der Waals surface area contributed by atoms with Gasteiger partial charge in [-0.05, 0) is 31.9 Å². The normalized spacial score (nSPS) is 22.7. The third-order valence-electron chi connectivity index (χ3n) is 3.61. The van der Waals surface area contributed by atoms with Crippen LogP contribution in [0.5, 0.6) is 0 Å². The first-order valence-corrected chi connectivity index (χ1v) is 8.39. The molecule has 0 aromatic heterocycles. The summed E-state index contributed by atoms with van der Waals surface area (Å²) in [6.45, 7) is 2.13. The Balaban J connectivity index is 2.45. The summed E-state index contributed by atoms with van der Waals surface area (Å²) in [6.07, 6.45) is 2.37. The van der Waals surface area contributed by atoms with Gasteiger partial charge >= 0.3 is 0 Å². The third kappa shape index (κ3) is 2.83. The average molecular weight is 321 g/mol. The van der Waals surface area contributed by atoms with E-state index in [-0.39, 0.29) is 22.0 Å². The monoisotopic (exact) mass is 320 g/mol. The van der Waals surface area contributed by atoms with E-state index in [9.17, 15) is 12.8 Å². The van der Waals surface area contributed by atoms with Gasteiger partial charge in [-0.2, -0.15) is 4.31 Å². The topological polar surface area (TPSA) is 63.4 Å². The molecule has 0 aliphatic carbocycles. The number of halogens is 2. The summed E-state index contributed by atoms with van der Waals surface area (Å²) in [7, 11) is -3.92. The number of rotatable bonds is 3. The van der Waals surface area contributed by atoms with Gasteiger partial charge in [0, 0.05) is 18.6 Å². The molecule has 0 bridgehead atoms. The molecule has 1 aliphatic heterocycles. The van der Waals surface area contributed by atoms with Crippen molar-refractivity contribution in [2.24, 2.45) is 5.73 Å². The number of hydrogen-bond donors (Lipinski definition) is 1. The maximum absolute atomic E-state index is 14.0. The molecule has 20 heavy (non-hydrogen) atoms. The Hall–Kier alpha value is -0.690. The van der Waals surface area contributed by atoms with Gasteiger partial charge < -0.3 is 5.73 Å². The Kier molecular flexibility index (Phi) is 4.69. The smallest absolute Gasteiger partial charge is 0.246 e. The Morgan fingerprint density at radius 1 is 1.45 bits per heavy atom. The van der Waals surface area contributed by atoms with Gasteiger partial charge in [0.25, 0.3) is 0 Å². The highest BCUT2D eigenvalue weighted by atomic mass is 35.5. The van der Waals surface area contributed by atoms with Crippen molar-refractivity contribution in [3.63, 3.8) is 0 Å². The number of piperidine rings is 1. The van der Waals surface area contributed by atoms with Crippen LogP contribution in [-0.4, -0.2) is 31.4 Å². The van der Waals surface area contributed by atoms with E-state index in [1.807, 2.05) is 0 Å². The fraction of sp³-hybridized carbons (Fsp3) is 0.538. The molecule has 1 aromatic carbocycles. The molecule has 4 nitrogen and oxygen atoms in total. The van der Waals surface area contributed by atoms with Crippen molar-refractivity contribution in [1.82, 2.24) is 4.31 Å².